The molecule has 3 aliphatic rings. The van der Waals surface area contributed by atoms with Crippen molar-refractivity contribution in [1.82, 2.24) is 9.80 Å². The number of fused-ring (bicyclic) bond motifs is 3. The zero-order valence-electron chi connectivity index (χ0n) is 12.9. The van der Waals surface area contributed by atoms with Crippen LogP contribution in [0.3, 0.4) is 0 Å². The highest BCUT2D eigenvalue weighted by atomic mass is 16.2. The molecule has 5 radical (unpaired) electrons. The molecule has 0 aromatic heterocycles. The van der Waals surface area contributed by atoms with E-state index in [9.17, 15) is 9.59 Å². The molecule has 0 spiro atoms. The maximum Gasteiger partial charge on any atom is 0.242 e. The molecule has 0 bridgehead atoms. The first-order valence-corrected chi connectivity index (χ1v) is 8.08. The van der Waals surface area contributed by atoms with Gasteiger partial charge < -0.3 is 9.80 Å². The van der Waals surface area contributed by atoms with Gasteiger partial charge >= 0.3 is 0 Å². The molecule has 1 aromatic carbocycles. The van der Waals surface area contributed by atoms with Crippen molar-refractivity contribution in [2.75, 3.05) is 19.6 Å². The van der Waals surface area contributed by atoms with Crippen LogP contribution >= 0.6 is 0 Å². The monoisotopic (exact) mass is 307 g/mol. The molecule has 2 amide bonds. The van der Waals surface area contributed by atoms with E-state index in [4.69, 9.17) is 0 Å². The fourth-order valence-corrected chi connectivity index (χ4v) is 3.68. The van der Waals surface area contributed by atoms with Crippen LogP contribution in [0.2, 0.25) is 0 Å². The number of piperazine rings is 1. The highest BCUT2D eigenvalue weighted by Crippen LogP contribution is 2.34. The normalized spacial score (nSPS) is 24.5. The zero-order chi connectivity index (χ0) is 15.8. The van der Waals surface area contributed by atoms with Gasteiger partial charge in [-0.1, -0.05) is 24.3 Å². The van der Waals surface area contributed by atoms with Gasteiger partial charge in [-0.15, -0.1) is 0 Å². The third-order valence-electron chi connectivity index (χ3n) is 4.89. The third kappa shape index (κ3) is 2.75. The minimum atomic E-state index is 0.00446. The number of nitrogens with zero attached hydrogens (tertiary/aromatic N) is 2. The van der Waals surface area contributed by atoms with Crippen molar-refractivity contribution >= 4 is 11.8 Å². The van der Waals surface area contributed by atoms with Crippen LogP contribution < -0.4 is 0 Å². The Kier molecular flexibility index (Phi) is 3.83. The second-order valence-electron chi connectivity index (χ2n) is 6.30. The number of carbonyl (C=O) groups is 2. The maximum atomic E-state index is 12.6. The van der Waals surface area contributed by atoms with Crippen LogP contribution in [0.4, 0.5) is 0 Å². The second-order valence-corrected chi connectivity index (χ2v) is 6.30. The number of carbonyl (C=O) groups excluding carboxylic acids is 2. The van der Waals surface area contributed by atoms with Gasteiger partial charge in [-0.3, -0.25) is 9.59 Å². The molecule has 1 atom stereocenters. The molecule has 4 heteroatoms. The van der Waals surface area contributed by atoms with E-state index >= 15 is 0 Å². The molecule has 2 aliphatic heterocycles. The molecule has 1 aliphatic carbocycles. The van der Waals surface area contributed by atoms with Gasteiger partial charge in [0.1, 0.15) is 0 Å². The van der Waals surface area contributed by atoms with Gasteiger partial charge in [-0.05, 0) is 49.1 Å². The number of rotatable bonds is 2. The van der Waals surface area contributed by atoms with Crippen LogP contribution in [-0.4, -0.2) is 41.2 Å². The van der Waals surface area contributed by atoms with Crippen molar-refractivity contribution in [2.24, 2.45) is 0 Å². The average molecular weight is 307 g/mol. The lowest BCUT2D eigenvalue weighted by Crippen LogP contribution is -2.55. The van der Waals surface area contributed by atoms with Crippen molar-refractivity contribution in [3.63, 3.8) is 0 Å². The minimum absolute atomic E-state index is 0.00446. The van der Waals surface area contributed by atoms with Crippen molar-refractivity contribution in [2.45, 2.75) is 18.9 Å². The molecule has 1 saturated carbocycles. The van der Waals surface area contributed by atoms with Gasteiger partial charge in [0.2, 0.25) is 11.8 Å². The van der Waals surface area contributed by atoms with E-state index in [1.54, 1.807) is 4.90 Å². The quantitative estimate of drug-likeness (QED) is 0.835. The fourth-order valence-electron chi connectivity index (χ4n) is 3.68. The molecule has 117 valence electrons. The summed E-state index contributed by atoms with van der Waals surface area (Å²) in [7, 11) is 0. The van der Waals surface area contributed by atoms with Gasteiger partial charge in [0, 0.05) is 19.5 Å². The van der Waals surface area contributed by atoms with E-state index in [1.807, 2.05) is 42.7 Å². The lowest BCUT2D eigenvalue weighted by Gasteiger charge is -2.44. The van der Waals surface area contributed by atoms with Gasteiger partial charge in [-0.25, -0.2) is 0 Å². The van der Waals surface area contributed by atoms with Crippen LogP contribution in [-0.2, 0) is 16.0 Å². The molecule has 4 nitrogen and oxygen atoms in total. The average Bonchev–Trinajstić information content (AvgIpc) is 3.07. The largest absolute Gasteiger partial charge is 0.332 e. The summed E-state index contributed by atoms with van der Waals surface area (Å²) in [4.78, 5) is 28.7. The molecule has 1 unspecified atom stereocenters. The van der Waals surface area contributed by atoms with Crippen LogP contribution in [0, 0.1) is 31.6 Å². The van der Waals surface area contributed by atoms with E-state index in [0.717, 1.165) is 18.9 Å². The highest BCUT2D eigenvalue weighted by molar-refractivity contribution is 5.88. The number of benzene rings is 1. The standard InChI is InChI=1S/C19H19N2O2/c22-18(11-14-5-1-2-6-14)20-12-17-16-8-4-3-7-15(16)9-10-21(17)19(23)13-20/h1-8,17H,9-13H2. The Morgan fingerprint density at radius 2 is 1.96 bits per heavy atom. The SMILES string of the molecule is O=C(C[C]1[CH][CH][CH][CH]1)N1CC(=O)N2CCc3ccccc3C2C1. The van der Waals surface area contributed by atoms with Crippen molar-refractivity contribution in [1.29, 1.82) is 0 Å². The smallest absolute Gasteiger partial charge is 0.242 e. The van der Waals surface area contributed by atoms with Crippen LogP contribution in [0.1, 0.15) is 23.6 Å². The predicted molar refractivity (Wildman–Crippen MR) is 86.2 cm³/mol. The Labute approximate surface area is 137 Å². The van der Waals surface area contributed by atoms with E-state index < -0.39 is 0 Å². The minimum Gasteiger partial charge on any atom is -0.332 e. The van der Waals surface area contributed by atoms with Gasteiger partial charge in [0.05, 0.1) is 12.6 Å². The van der Waals surface area contributed by atoms with E-state index in [-0.39, 0.29) is 24.4 Å². The molecule has 2 fully saturated rings. The van der Waals surface area contributed by atoms with Gasteiger partial charge in [0.25, 0.3) is 0 Å². The molecule has 1 saturated heterocycles. The first-order chi connectivity index (χ1) is 11.2. The lowest BCUT2D eigenvalue weighted by atomic mass is 9.90. The fraction of sp³-hybridized carbons (Fsp3) is 0.316. The molecular formula is C19H19N2O2. The number of hydrogen-bond donors (Lipinski definition) is 0. The lowest BCUT2D eigenvalue weighted by molar-refractivity contribution is -0.149. The Hall–Kier alpha value is -1.84. The Bertz CT molecular complexity index is 622. The number of amides is 2. The zero-order valence-corrected chi connectivity index (χ0v) is 12.9. The summed E-state index contributed by atoms with van der Waals surface area (Å²) in [6.07, 6.45) is 9.04. The molecule has 1 aromatic rings. The van der Waals surface area contributed by atoms with Crippen LogP contribution in [0.25, 0.3) is 0 Å². The Balaban J connectivity index is 1.52. The van der Waals surface area contributed by atoms with Gasteiger partial charge in [0.15, 0.2) is 0 Å². The first kappa shape index (κ1) is 14.7. The molecule has 4 rings (SSSR count). The van der Waals surface area contributed by atoms with E-state index in [1.165, 1.54) is 11.1 Å². The second kappa shape index (κ2) is 5.99. The summed E-state index contributed by atoms with van der Waals surface area (Å²) in [5.74, 6) is 1.10. The summed E-state index contributed by atoms with van der Waals surface area (Å²) in [6.45, 7) is 1.56. The summed E-state index contributed by atoms with van der Waals surface area (Å²) >= 11 is 0. The number of hydrogen-bond acceptors (Lipinski definition) is 2. The topological polar surface area (TPSA) is 40.6 Å². The van der Waals surface area contributed by atoms with Crippen molar-refractivity contribution in [3.05, 3.63) is 67.0 Å². The predicted octanol–water partition coefficient (Wildman–Crippen LogP) is 1.75. The highest BCUT2D eigenvalue weighted by Gasteiger charge is 2.38. The first-order valence-electron chi connectivity index (χ1n) is 8.08. The molecule has 23 heavy (non-hydrogen) atoms. The maximum absolute atomic E-state index is 12.6. The third-order valence-corrected chi connectivity index (χ3v) is 4.89. The van der Waals surface area contributed by atoms with E-state index in [0.29, 0.717) is 13.0 Å². The molecule has 0 N–H and O–H groups in total. The molecule has 2 heterocycles. The van der Waals surface area contributed by atoms with Gasteiger partial charge in [-0.2, -0.15) is 0 Å². The summed E-state index contributed by atoms with van der Waals surface area (Å²) in [6, 6.07) is 8.27. The van der Waals surface area contributed by atoms with Crippen molar-refractivity contribution < 1.29 is 9.59 Å². The summed E-state index contributed by atoms with van der Waals surface area (Å²) in [5, 5.41) is 0. The van der Waals surface area contributed by atoms with Crippen LogP contribution in [0.15, 0.2) is 24.3 Å². The van der Waals surface area contributed by atoms with E-state index in [2.05, 4.69) is 12.1 Å². The summed E-state index contributed by atoms with van der Waals surface area (Å²) < 4.78 is 0. The summed E-state index contributed by atoms with van der Waals surface area (Å²) in [5.41, 5.74) is 2.49. The Morgan fingerprint density at radius 3 is 2.78 bits per heavy atom. The van der Waals surface area contributed by atoms with Crippen LogP contribution in [0.5, 0.6) is 0 Å². The Morgan fingerprint density at radius 1 is 1.17 bits per heavy atom. The van der Waals surface area contributed by atoms with Crippen molar-refractivity contribution in [3.8, 4) is 0 Å². The molecular weight excluding hydrogens is 288 g/mol.